The molecule has 106 valence electrons. The molecule has 1 saturated heterocycles. The van der Waals surface area contributed by atoms with Crippen molar-refractivity contribution in [2.24, 2.45) is 5.84 Å². The Labute approximate surface area is 112 Å². The van der Waals surface area contributed by atoms with Crippen LogP contribution in [-0.2, 0) is 10.0 Å². The average Bonchev–Trinajstić information content (AvgIpc) is 2.41. The Morgan fingerprint density at radius 1 is 1.32 bits per heavy atom. The fourth-order valence-electron chi connectivity index (χ4n) is 1.83. The lowest BCUT2D eigenvalue weighted by molar-refractivity contribution is 0.135. The summed E-state index contributed by atoms with van der Waals surface area (Å²) in [5.74, 6) is 5.31. The lowest BCUT2D eigenvalue weighted by Gasteiger charge is -2.32. The van der Waals surface area contributed by atoms with Crippen molar-refractivity contribution < 1.29 is 8.42 Å². The number of nitrogens with one attached hydrogen (secondary N) is 2. The third kappa shape index (κ3) is 3.39. The van der Waals surface area contributed by atoms with E-state index in [2.05, 4.69) is 20.1 Å². The van der Waals surface area contributed by atoms with Crippen LogP contribution in [0.15, 0.2) is 23.4 Å². The zero-order valence-corrected chi connectivity index (χ0v) is 11.5. The van der Waals surface area contributed by atoms with Gasteiger partial charge in [0.15, 0.2) is 0 Å². The predicted octanol–water partition coefficient (Wildman–Crippen LogP) is -1.19. The molecule has 0 bridgehead atoms. The first kappa shape index (κ1) is 14.2. The predicted molar refractivity (Wildman–Crippen MR) is 71.4 cm³/mol. The molecule has 1 aliphatic rings. The van der Waals surface area contributed by atoms with Crippen LogP contribution in [0.1, 0.15) is 0 Å². The minimum absolute atomic E-state index is 0.0384. The number of aromatic nitrogens is 1. The zero-order valence-electron chi connectivity index (χ0n) is 10.7. The van der Waals surface area contributed by atoms with E-state index in [1.165, 1.54) is 18.5 Å². The summed E-state index contributed by atoms with van der Waals surface area (Å²) in [4.78, 5) is 8.55. The smallest absolute Gasteiger partial charge is 0.257 e. The topological polar surface area (TPSA) is 104 Å². The molecule has 1 fully saturated rings. The van der Waals surface area contributed by atoms with Crippen molar-refractivity contribution in [2.45, 2.75) is 4.90 Å². The molecule has 0 unspecified atom stereocenters. The molecule has 0 spiro atoms. The highest BCUT2D eigenvalue weighted by molar-refractivity contribution is 7.89. The molecule has 2 rings (SSSR count). The van der Waals surface area contributed by atoms with Crippen LogP contribution >= 0.6 is 0 Å². The number of rotatable bonds is 4. The first-order valence-corrected chi connectivity index (χ1v) is 7.38. The first-order chi connectivity index (χ1) is 9.03. The van der Waals surface area contributed by atoms with E-state index in [0.717, 1.165) is 13.1 Å². The number of hydrogen-bond donors (Lipinski definition) is 3. The molecule has 0 atom stereocenters. The van der Waals surface area contributed by atoms with Crippen molar-refractivity contribution in [3.8, 4) is 0 Å². The van der Waals surface area contributed by atoms with E-state index in [1.54, 1.807) is 5.01 Å². The highest BCUT2D eigenvalue weighted by Gasteiger charge is 2.23. The lowest BCUT2D eigenvalue weighted by Crippen LogP contribution is -2.52. The van der Waals surface area contributed by atoms with Crippen LogP contribution in [0.3, 0.4) is 0 Å². The van der Waals surface area contributed by atoms with E-state index in [-0.39, 0.29) is 4.90 Å². The number of nitrogens with zero attached hydrogens (tertiary/aromatic N) is 3. The standard InChI is InChI=1S/C10H18N6O2S/c1-15-4-6-16(7-5-15)14-19(17,18)10-8-12-3-2-9(10)13-11/h2-3,8,14H,4-7,11H2,1H3,(H,12,13). The summed E-state index contributed by atoms with van der Waals surface area (Å²) in [6.07, 6.45) is 2.75. The Balaban J connectivity index is 2.14. The minimum atomic E-state index is -3.67. The molecule has 1 aromatic heterocycles. The van der Waals surface area contributed by atoms with E-state index in [4.69, 9.17) is 5.84 Å². The summed E-state index contributed by atoms with van der Waals surface area (Å²) in [6, 6.07) is 1.51. The largest absolute Gasteiger partial charge is 0.323 e. The summed E-state index contributed by atoms with van der Waals surface area (Å²) in [5.41, 5.74) is 2.68. The van der Waals surface area contributed by atoms with Crippen molar-refractivity contribution in [1.82, 2.24) is 19.7 Å². The molecular weight excluding hydrogens is 268 g/mol. The minimum Gasteiger partial charge on any atom is -0.323 e. The van der Waals surface area contributed by atoms with E-state index in [1.807, 2.05) is 7.05 Å². The van der Waals surface area contributed by atoms with Crippen molar-refractivity contribution in [2.75, 3.05) is 38.7 Å². The highest BCUT2D eigenvalue weighted by Crippen LogP contribution is 2.18. The number of pyridine rings is 1. The fraction of sp³-hybridized carbons (Fsp3) is 0.500. The Kier molecular flexibility index (Phi) is 4.32. The second-order valence-electron chi connectivity index (χ2n) is 4.40. The Bertz CT molecular complexity index is 527. The SMILES string of the molecule is CN1CCN(NS(=O)(=O)c2cnccc2NN)CC1. The van der Waals surface area contributed by atoms with Crippen molar-refractivity contribution >= 4 is 15.7 Å². The number of nitrogen functional groups attached to an aromatic ring is 1. The second-order valence-corrected chi connectivity index (χ2v) is 6.03. The van der Waals surface area contributed by atoms with Gasteiger partial charge >= 0.3 is 0 Å². The number of likely N-dealkylation sites (N-methyl/N-ethyl adjacent to an activating group) is 1. The number of sulfonamides is 1. The van der Waals surface area contributed by atoms with Crippen LogP contribution < -0.4 is 16.1 Å². The molecule has 9 heteroatoms. The number of nitrogens with two attached hydrogens (primary N) is 1. The fourth-order valence-corrected chi connectivity index (χ4v) is 3.07. The molecule has 2 heterocycles. The van der Waals surface area contributed by atoms with Crippen LogP contribution in [0.2, 0.25) is 0 Å². The highest BCUT2D eigenvalue weighted by atomic mass is 32.2. The van der Waals surface area contributed by atoms with Gasteiger partial charge in [-0.3, -0.25) is 10.8 Å². The Morgan fingerprint density at radius 3 is 2.63 bits per heavy atom. The molecular formula is C10H18N6O2S. The van der Waals surface area contributed by atoms with Gasteiger partial charge in [0.2, 0.25) is 0 Å². The van der Waals surface area contributed by atoms with Gasteiger partial charge in [-0.2, -0.15) is 0 Å². The van der Waals surface area contributed by atoms with Gasteiger partial charge in [-0.15, -0.1) is 4.83 Å². The Hall–Kier alpha value is -1.26. The van der Waals surface area contributed by atoms with E-state index < -0.39 is 10.0 Å². The van der Waals surface area contributed by atoms with Gasteiger partial charge < -0.3 is 10.3 Å². The first-order valence-electron chi connectivity index (χ1n) is 5.89. The maximum absolute atomic E-state index is 12.3. The van der Waals surface area contributed by atoms with Crippen LogP contribution in [0, 0.1) is 0 Å². The van der Waals surface area contributed by atoms with Gasteiger partial charge in [0, 0.05) is 38.6 Å². The molecule has 0 amide bonds. The molecule has 0 radical (unpaired) electrons. The molecule has 0 saturated carbocycles. The van der Waals surface area contributed by atoms with Gasteiger partial charge in [0.05, 0.1) is 5.69 Å². The van der Waals surface area contributed by atoms with Gasteiger partial charge in [-0.25, -0.2) is 13.4 Å². The summed E-state index contributed by atoms with van der Waals surface area (Å²) in [5, 5.41) is 1.68. The monoisotopic (exact) mass is 286 g/mol. The molecule has 4 N–H and O–H groups in total. The van der Waals surface area contributed by atoms with Gasteiger partial charge in [0.25, 0.3) is 10.0 Å². The van der Waals surface area contributed by atoms with E-state index in [0.29, 0.717) is 18.8 Å². The third-order valence-corrected chi connectivity index (χ3v) is 4.38. The maximum Gasteiger partial charge on any atom is 0.257 e. The number of hydrogen-bond acceptors (Lipinski definition) is 7. The van der Waals surface area contributed by atoms with Gasteiger partial charge in [0.1, 0.15) is 4.90 Å². The molecule has 8 nitrogen and oxygen atoms in total. The number of hydrazine groups is 2. The quantitative estimate of drug-likeness (QED) is 0.472. The van der Waals surface area contributed by atoms with E-state index >= 15 is 0 Å². The maximum atomic E-state index is 12.3. The summed E-state index contributed by atoms with van der Waals surface area (Å²) < 4.78 is 24.5. The summed E-state index contributed by atoms with van der Waals surface area (Å²) in [7, 11) is -1.66. The molecule has 0 aliphatic carbocycles. The van der Waals surface area contributed by atoms with Gasteiger partial charge in [-0.1, -0.05) is 0 Å². The summed E-state index contributed by atoms with van der Waals surface area (Å²) >= 11 is 0. The molecule has 1 aliphatic heterocycles. The van der Waals surface area contributed by atoms with Gasteiger partial charge in [-0.05, 0) is 13.1 Å². The Morgan fingerprint density at radius 2 is 2.00 bits per heavy atom. The van der Waals surface area contributed by atoms with Crippen LogP contribution in [0.4, 0.5) is 5.69 Å². The lowest BCUT2D eigenvalue weighted by atomic mass is 10.4. The normalized spacial score (nSPS) is 18.4. The number of piperazine rings is 1. The van der Waals surface area contributed by atoms with Crippen LogP contribution in [-0.4, -0.2) is 56.5 Å². The molecule has 1 aromatic rings. The van der Waals surface area contributed by atoms with Crippen molar-refractivity contribution in [3.05, 3.63) is 18.5 Å². The van der Waals surface area contributed by atoms with E-state index in [9.17, 15) is 8.42 Å². The summed E-state index contributed by atoms with van der Waals surface area (Å²) in [6.45, 7) is 2.91. The van der Waals surface area contributed by atoms with Crippen LogP contribution in [0.25, 0.3) is 0 Å². The van der Waals surface area contributed by atoms with Crippen molar-refractivity contribution in [1.29, 1.82) is 0 Å². The molecule has 0 aromatic carbocycles. The zero-order chi connectivity index (χ0) is 13.9. The number of anilines is 1. The second kappa shape index (κ2) is 5.80. The molecule has 19 heavy (non-hydrogen) atoms. The average molecular weight is 286 g/mol. The van der Waals surface area contributed by atoms with Crippen molar-refractivity contribution in [3.63, 3.8) is 0 Å². The van der Waals surface area contributed by atoms with Crippen LogP contribution in [0.5, 0.6) is 0 Å². The third-order valence-electron chi connectivity index (χ3n) is 2.98.